The SMILES string of the molecule is CCOc1ccc(Nc2nccc(NCC(C)C)n2)cc1. The summed E-state index contributed by atoms with van der Waals surface area (Å²) in [4.78, 5) is 8.66. The molecule has 0 amide bonds. The van der Waals surface area contributed by atoms with Crippen molar-refractivity contribution in [3.63, 3.8) is 0 Å². The number of ether oxygens (including phenoxy) is 1. The summed E-state index contributed by atoms with van der Waals surface area (Å²) in [5.41, 5.74) is 0.930. The fraction of sp³-hybridized carbons (Fsp3) is 0.375. The minimum Gasteiger partial charge on any atom is -0.494 e. The number of anilines is 3. The quantitative estimate of drug-likeness (QED) is 0.813. The molecule has 0 radical (unpaired) electrons. The van der Waals surface area contributed by atoms with Crippen LogP contribution in [-0.2, 0) is 0 Å². The Morgan fingerprint density at radius 3 is 2.57 bits per heavy atom. The maximum absolute atomic E-state index is 5.42. The van der Waals surface area contributed by atoms with Gasteiger partial charge >= 0.3 is 0 Å². The predicted octanol–water partition coefficient (Wildman–Crippen LogP) is 3.69. The van der Waals surface area contributed by atoms with Gasteiger partial charge in [0.15, 0.2) is 0 Å². The molecule has 0 atom stereocenters. The maximum atomic E-state index is 5.42. The number of hydrogen-bond donors (Lipinski definition) is 2. The maximum Gasteiger partial charge on any atom is 0.229 e. The van der Waals surface area contributed by atoms with Crippen LogP contribution in [0, 0.1) is 5.92 Å². The number of nitrogens with zero attached hydrogens (tertiary/aromatic N) is 2. The molecule has 2 rings (SSSR count). The molecule has 0 saturated carbocycles. The smallest absolute Gasteiger partial charge is 0.229 e. The summed E-state index contributed by atoms with van der Waals surface area (Å²) in [6, 6.07) is 9.61. The van der Waals surface area contributed by atoms with E-state index in [1.807, 2.05) is 37.3 Å². The Kier molecular flexibility index (Phi) is 5.37. The monoisotopic (exact) mass is 286 g/mol. The molecule has 0 aliphatic heterocycles. The Hall–Kier alpha value is -2.30. The van der Waals surface area contributed by atoms with Crippen LogP contribution in [0.25, 0.3) is 0 Å². The number of rotatable bonds is 7. The minimum atomic E-state index is 0.572. The third-order valence-electron chi connectivity index (χ3n) is 2.77. The zero-order valence-corrected chi connectivity index (χ0v) is 12.8. The summed E-state index contributed by atoms with van der Waals surface area (Å²) < 4.78 is 5.42. The second-order valence-electron chi connectivity index (χ2n) is 5.12. The number of hydrogen-bond acceptors (Lipinski definition) is 5. The van der Waals surface area contributed by atoms with Gasteiger partial charge in [-0.2, -0.15) is 4.98 Å². The molecular weight excluding hydrogens is 264 g/mol. The van der Waals surface area contributed by atoms with Crippen LogP contribution in [0.5, 0.6) is 5.75 Å². The average Bonchev–Trinajstić information content (AvgIpc) is 2.48. The fourth-order valence-corrected chi connectivity index (χ4v) is 1.76. The molecule has 5 heteroatoms. The summed E-state index contributed by atoms with van der Waals surface area (Å²) in [5.74, 6) is 2.83. The molecule has 112 valence electrons. The highest BCUT2D eigenvalue weighted by atomic mass is 16.5. The van der Waals surface area contributed by atoms with Gasteiger partial charge in [0, 0.05) is 18.4 Å². The molecule has 2 aromatic rings. The fourth-order valence-electron chi connectivity index (χ4n) is 1.76. The molecule has 5 nitrogen and oxygen atoms in total. The molecular formula is C16H22N4O. The van der Waals surface area contributed by atoms with E-state index in [1.165, 1.54) is 0 Å². The van der Waals surface area contributed by atoms with Crippen LogP contribution in [0.1, 0.15) is 20.8 Å². The molecule has 2 N–H and O–H groups in total. The van der Waals surface area contributed by atoms with E-state index in [0.717, 1.165) is 23.8 Å². The minimum absolute atomic E-state index is 0.572. The highest BCUT2D eigenvalue weighted by molar-refractivity contribution is 5.55. The molecule has 0 unspecified atom stereocenters. The van der Waals surface area contributed by atoms with Gasteiger partial charge in [-0.05, 0) is 43.2 Å². The van der Waals surface area contributed by atoms with Gasteiger partial charge in [0.2, 0.25) is 5.95 Å². The lowest BCUT2D eigenvalue weighted by atomic mass is 10.2. The topological polar surface area (TPSA) is 59.1 Å². The van der Waals surface area contributed by atoms with Gasteiger partial charge in [0.25, 0.3) is 0 Å². The van der Waals surface area contributed by atoms with E-state index in [4.69, 9.17) is 4.74 Å². The van der Waals surface area contributed by atoms with E-state index in [1.54, 1.807) is 6.20 Å². The van der Waals surface area contributed by atoms with Gasteiger partial charge < -0.3 is 15.4 Å². The molecule has 21 heavy (non-hydrogen) atoms. The first-order valence-electron chi connectivity index (χ1n) is 7.24. The summed E-state index contributed by atoms with van der Waals surface area (Å²) in [5, 5.41) is 6.47. The number of nitrogens with one attached hydrogen (secondary N) is 2. The third kappa shape index (κ3) is 4.95. The Morgan fingerprint density at radius 1 is 1.14 bits per heavy atom. The zero-order valence-electron chi connectivity index (χ0n) is 12.8. The molecule has 1 heterocycles. The molecule has 1 aromatic carbocycles. The molecule has 0 bridgehead atoms. The van der Waals surface area contributed by atoms with Crippen molar-refractivity contribution in [3.05, 3.63) is 36.5 Å². The molecule has 0 fully saturated rings. The van der Waals surface area contributed by atoms with Gasteiger partial charge in [0.05, 0.1) is 6.61 Å². The van der Waals surface area contributed by atoms with Gasteiger partial charge in [-0.25, -0.2) is 4.98 Å². The third-order valence-corrected chi connectivity index (χ3v) is 2.77. The van der Waals surface area contributed by atoms with E-state index in [0.29, 0.717) is 18.5 Å². The first kappa shape index (κ1) is 15.1. The standard InChI is InChI=1S/C16H22N4O/c1-4-21-14-7-5-13(6-8-14)19-16-17-10-9-15(20-16)18-11-12(2)3/h5-10,12H,4,11H2,1-3H3,(H2,17,18,19,20). The van der Waals surface area contributed by atoms with Crippen molar-refractivity contribution in [2.45, 2.75) is 20.8 Å². The normalized spacial score (nSPS) is 10.5. The van der Waals surface area contributed by atoms with Crippen molar-refractivity contribution < 1.29 is 4.74 Å². The van der Waals surface area contributed by atoms with Crippen molar-refractivity contribution in [1.29, 1.82) is 0 Å². The first-order valence-corrected chi connectivity index (χ1v) is 7.24. The highest BCUT2D eigenvalue weighted by Crippen LogP contribution is 2.18. The van der Waals surface area contributed by atoms with E-state index in [2.05, 4.69) is 34.4 Å². The average molecular weight is 286 g/mol. The lowest BCUT2D eigenvalue weighted by molar-refractivity contribution is 0.340. The van der Waals surface area contributed by atoms with E-state index in [9.17, 15) is 0 Å². The van der Waals surface area contributed by atoms with Crippen molar-refractivity contribution >= 4 is 17.5 Å². The van der Waals surface area contributed by atoms with Crippen molar-refractivity contribution in [1.82, 2.24) is 9.97 Å². The summed E-state index contributed by atoms with van der Waals surface area (Å²) in [6.45, 7) is 7.84. The van der Waals surface area contributed by atoms with Crippen LogP contribution >= 0.6 is 0 Å². The van der Waals surface area contributed by atoms with Crippen LogP contribution in [-0.4, -0.2) is 23.1 Å². The molecule has 0 aliphatic rings. The first-order chi connectivity index (χ1) is 10.2. The highest BCUT2D eigenvalue weighted by Gasteiger charge is 2.01. The van der Waals surface area contributed by atoms with Crippen molar-refractivity contribution in [2.75, 3.05) is 23.8 Å². The van der Waals surface area contributed by atoms with E-state index in [-0.39, 0.29) is 0 Å². The van der Waals surface area contributed by atoms with E-state index < -0.39 is 0 Å². The van der Waals surface area contributed by atoms with Crippen LogP contribution in [0.4, 0.5) is 17.5 Å². The van der Waals surface area contributed by atoms with Crippen LogP contribution in [0.15, 0.2) is 36.5 Å². The van der Waals surface area contributed by atoms with Crippen molar-refractivity contribution in [2.24, 2.45) is 5.92 Å². The summed E-state index contributed by atoms with van der Waals surface area (Å²) in [7, 11) is 0. The number of aromatic nitrogens is 2. The largest absolute Gasteiger partial charge is 0.494 e. The Balaban J connectivity index is 2.00. The summed E-state index contributed by atoms with van der Waals surface area (Å²) in [6.07, 6.45) is 1.74. The lowest BCUT2D eigenvalue weighted by Crippen LogP contribution is -2.10. The second kappa shape index (κ2) is 7.47. The van der Waals surface area contributed by atoms with Crippen LogP contribution < -0.4 is 15.4 Å². The molecule has 0 spiro atoms. The Labute approximate surface area is 125 Å². The van der Waals surface area contributed by atoms with Crippen LogP contribution in [0.2, 0.25) is 0 Å². The second-order valence-corrected chi connectivity index (χ2v) is 5.12. The van der Waals surface area contributed by atoms with Gasteiger partial charge in [-0.1, -0.05) is 13.8 Å². The molecule has 0 aliphatic carbocycles. The Bertz CT molecular complexity index is 554. The molecule has 0 saturated heterocycles. The lowest BCUT2D eigenvalue weighted by Gasteiger charge is -2.10. The van der Waals surface area contributed by atoms with E-state index >= 15 is 0 Å². The number of benzene rings is 1. The summed E-state index contributed by atoms with van der Waals surface area (Å²) >= 11 is 0. The van der Waals surface area contributed by atoms with Crippen molar-refractivity contribution in [3.8, 4) is 5.75 Å². The van der Waals surface area contributed by atoms with Crippen LogP contribution in [0.3, 0.4) is 0 Å². The van der Waals surface area contributed by atoms with Gasteiger partial charge in [-0.15, -0.1) is 0 Å². The van der Waals surface area contributed by atoms with Gasteiger partial charge in [0.1, 0.15) is 11.6 Å². The van der Waals surface area contributed by atoms with Gasteiger partial charge in [-0.3, -0.25) is 0 Å². The molecule has 1 aromatic heterocycles. The zero-order chi connectivity index (χ0) is 15.1. The Morgan fingerprint density at radius 2 is 1.90 bits per heavy atom. The predicted molar refractivity (Wildman–Crippen MR) is 86.3 cm³/mol.